The summed E-state index contributed by atoms with van der Waals surface area (Å²) < 4.78 is 30.2. The molecule has 0 rings (SSSR count). The Morgan fingerprint density at radius 1 is 1.50 bits per heavy atom. The summed E-state index contributed by atoms with van der Waals surface area (Å²) in [4.78, 5) is 10.8. The number of carbonyl (C=O) groups excluding carboxylic acids is 1. The molecule has 0 saturated carbocycles. The first-order valence-corrected chi connectivity index (χ1v) is 5.18. The van der Waals surface area contributed by atoms with Gasteiger partial charge < -0.3 is 5.32 Å². The van der Waals surface area contributed by atoms with Crippen molar-refractivity contribution < 1.29 is 17.8 Å². The zero-order valence-corrected chi connectivity index (χ0v) is 11.3. The van der Waals surface area contributed by atoms with Crippen LogP contribution >= 0.6 is 0 Å². The second-order valence-corrected chi connectivity index (χ2v) is 4.43. The van der Waals surface area contributed by atoms with Gasteiger partial charge in [-0.25, -0.2) is 0 Å². The molecule has 0 saturated heterocycles. The number of hydrogen-bond acceptors (Lipinski definition) is 3. The summed E-state index contributed by atoms with van der Waals surface area (Å²) >= 11 is 0. The molecule has 1 unspecified atom stereocenters. The van der Waals surface area contributed by atoms with Gasteiger partial charge in [0.15, 0.2) is 5.37 Å². The first kappa shape index (κ1) is 16.5. The van der Waals surface area contributed by atoms with E-state index in [1.54, 1.807) is 13.8 Å². The van der Waals surface area contributed by atoms with Crippen LogP contribution in [0, 0.1) is 5.92 Å². The Morgan fingerprint density at radius 2 is 1.93 bits per heavy atom. The summed E-state index contributed by atoms with van der Waals surface area (Å²) in [5.41, 5.74) is 0. The van der Waals surface area contributed by atoms with E-state index in [0.717, 1.165) is 6.08 Å². The van der Waals surface area contributed by atoms with Crippen molar-refractivity contribution >= 4 is 45.6 Å². The van der Waals surface area contributed by atoms with Gasteiger partial charge in [0.05, 0.1) is 0 Å². The van der Waals surface area contributed by atoms with Gasteiger partial charge in [0.1, 0.15) is 0 Å². The van der Waals surface area contributed by atoms with E-state index in [1.807, 2.05) is 0 Å². The maximum Gasteiger partial charge on any atom is 0.286 e. The molecule has 7 heteroatoms. The minimum absolute atomic E-state index is 0. The number of carbonyl (C=O) groups is 1. The number of nitrogens with one attached hydrogen (secondary N) is 1. The molecule has 0 aliphatic heterocycles. The van der Waals surface area contributed by atoms with E-state index < -0.39 is 27.3 Å². The third-order valence-electron chi connectivity index (χ3n) is 1.40. The molecule has 0 fully saturated rings. The molecule has 1 atom stereocenters. The summed E-state index contributed by atoms with van der Waals surface area (Å²) in [5, 5.41) is 0.831. The number of hydrogen-bond donors (Lipinski definition) is 2. The van der Waals surface area contributed by atoms with Crippen LogP contribution in [0.4, 0.5) is 0 Å². The topological polar surface area (TPSA) is 83.5 Å². The molecular formula is C7H13NNaO4S. The van der Waals surface area contributed by atoms with Crippen LogP contribution in [0.2, 0.25) is 0 Å². The molecule has 1 radical (unpaired) electrons. The minimum Gasteiger partial charge on any atom is -0.334 e. The SMILES string of the molecule is C=CC(=O)NC(C(C)C)S(=O)(=O)O.[Na]. The van der Waals surface area contributed by atoms with Crippen LogP contribution in [0.1, 0.15) is 13.8 Å². The van der Waals surface area contributed by atoms with Gasteiger partial charge in [-0.1, -0.05) is 20.4 Å². The van der Waals surface area contributed by atoms with Gasteiger partial charge in [0.2, 0.25) is 5.91 Å². The van der Waals surface area contributed by atoms with Crippen LogP contribution in [0.15, 0.2) is 12.7 Å². The van der Waals surface area contributed by atoms with Crippen molar-refractivity contribution in [1.82, 2.24) is 5.32 Å². The molecule has 0 aromatic heterocycles. The van der Waals surface area contributed by atoms with Crippen molar-refractivity contribution in [2.24, 2.45) is 5.92 Å². The standard InChI is InChI=1S/C7H13NO4S.Na/c1-4-6(9)8-7(5(2)3)13(10,11)12;/h4-5,7H,1H2,2-3H3,(H,8,9)(H,10,11,12);. The third-order valence-corrected chi connectivity index (χ3v) is 2.70. The normalized spacial score (nSPS) is 12.9. The van der Waals surface area contributed by atoms with Gasteiger partial charge in [-0.2, -0.15) is 8.42 Å². The second-order valence-electron chi connectivity index (χ2n) is 2.89. The zero-order chi connectivity index (χ0) is 10.6. The fourth-order valence-corrected chi connectivity index (χ4v) is 1.74. The molecular weight excluding hydrogens is 217 g/mol. The van der Waals surface area contributed by atoms with E-state index >= 15 is 0 Å². The van der Waals surface area contributed by atoms with Crippen LogP contribution in [-0.2, 0) is 14.9 Å². The Balaban J connectivity index is 0. The van der Waals surface area contributed by atoms with E-state index in [2.05, 4.69) is 11.9 Å². The summed E-state index contributed by atoms with van der Waals surface area (Å²) in [6.45, 7) is 6.31. The monoisotopic (exact) mass is 230 g/mol. The fraction of sp³-hybridized carbons (Fsp3) is 0.571. The molecule has 2 N–H and O–H groups in total. The first-order chi connectivity index (χ1) is 5.79. The predicted octanol–water partition coefficient (Wildman–Crippen LogP) is -0.222. The van der Waals surface area contributed by atoms with Crippen LogP contribution in [0.25, 0.3) is 0 Å². The maximum atomic E-state index is 10.8. The average molecular weight is 230 g/mol. The molecule has 0 aliphatic rings. The van der Waals surface area contributed by atoms with Gasteiger partial charge in [0.25, 0.3) is 10.1 Å². The van der Waals surface area contributed by atoms with Crippen molar-refractivity contribution in [3.63, 3.8) is 0 Å². The first-order valence-electron chi connectivity index (χ1n) is 3.68. The molecule has 0 aliphatic carbocycles. The van der Waals surface area contributed by atoms with Crippen LogP contribution in [-0.4, -0.2) is 53.8 Å². The molecule has 0 aromatic rings. The Labute approximate surface area is 106 Å². The Bertz CT molecular complexity index is 299. The van der Waals surface area contributed by atoms with Crippen molar-refractivity contribution in [3.8, 4) is 0 Å². The van der Waals surface area contributed by atoms with Crippen LogP contribution in [0.5, 0.6) is 0 Å². The number of rotatable bonds is 4. The molecule has 1 amide bonds. The van der Waals surface area contributed by atoms with Crippen molar-refractivity contribution in [2.45, 2.75) is 19.2 Å². The van der Waals surface area contributed by atoms with Crippen LogP contribution in [0.3, 0.4) is 0 Å². The second kappa shape index (κ2) is 6.58. The molecule has 0 spiro atoms. The van der Waals surface area contributed by atoms with Crippen molar-refractivity contribution in [3.05, 3.63) is 12.7 Å². The molecule has 0 aromatic carbocycles. The Kier molecular flexibility index (Phi) is 7.77. The smallest absolute Gasteiger partial charge is 0.286 e. The van der Waals surface area contributed by atoms with E-state index in [9.17, 15) is 13.2 Å². The summed E-state index contributed by atoms with van der Waals surface area (Å²) in [6, 6.07) is 0. The third kappa shape index (κ3) is 5.77. The molecule has 77 valence electrons. The van der Waals surface area contributed by atoms with E-state index in [4.69, 9.17) is 4.55 Å². The van der Waals surface area contributed by atoms with Crippen molar-refractivity contribution in [1.29, 1.82) is 0 Å². The van der Waals surface area contributed by atoms with Crippen LogP contribution < -0.4 is 5.32 Å². The quantitative estimate of drug-likeness (QED) is 0.397. The fourth-order valence-electron chi connectivity index (χ4n) is 0.784. The van der Waals surface area contributed by atoms with E-state index in [-0.39, 0.29) is 29.6 Å². The summed E-state index contributed by atoms with van der Waals surface area (Å²) in [7, 11) is -4.25. The van der Waals surface area contributed by atoms with Gasteiger partial charge in [-0.05, 0) is 12.0 Å². The van der Waals surface area contributed by atoms with Gasteiger partial charge >= 0.3 is 0 Å². The zero-order valence-electron chi connectivity index (χ0n) is 8.52. The van der Waals surface area contributed by atoms with Crippen molar-refractivity contribution in [2.75, 3.05) is 0 Å². The van der Waals surface area contributed by atoms with Gasteiger partial charge in [0, 0.05) is 29.6 Å². The Hall–Kier alpha value is 0.120. The summed E-state index contributed by atoms with van der Waals surface area (Å²) in [6.07, 6.45) is 0.945. The predicted molar refractivity (Wildman–Crippen MR) is 54.3 cm³/mol. The largest absolute Gasteiger partial charge is 0.334 e. The molecule has 5 nitrogen and oxygen atoms in total. The minimum atomic E-state index is -4.25. The van der Waals surface area contributed by atoms with E-state index in [1.165, 1.54) is 0 Å². The Morgan fingerprint density at radius 3 is 2.14 bits per heavy atom. The number of amides is 1. The van der Waals surface area contributed by atoms with E-state index in [0.29, 0.717) is 0 Å². The molecule has 0 bridgehead atoms. The van der Waals surface area contributed by atoms with Gasteiger partial charge in [-0.15, -0.1) is 0 Å². The average Bonchev–Trinajstić information content (AvgIpc) is 1.96. The molecule has 0 heterocycles. The maximum absolute atomic E-state index is 10.8. The summed E-state index contributed by atoms with van der Waals surface area (Å²) in [5.74, 6) is -1.03. The molecule has 14 heavy (non-hydrogen) atoms. The van der Waals surface area contributed by atoms with Gasteiger partial charge in [-0.3, -0.25) is 9.35 Å².